The predicted molar refractivity (Wildman–Crippen MR) is 106 cm³/mol. The highest BCUT2D eigenvalue weighted by Gasteiger charge is 2.65. The maximum atomic E-state index is 13.3. The van der Waals surface area contributed by atoms with Gasteiger partial charge in [0.15, 0.2) is 0 Å². The summed E-state index contributed by atoms with van der Waals surface area (Å²) in [6.07, 6.45) is 4.41. The Labute approximate surface area is 168 Å². The number of carbonyl (C=O) groups is 2. The van der Waals surface area contributed by atoms with Crippen molar-refractivity contribution in [1.82, 2.24) is 15.2 Å². The van der Waals surface area contributed by atoms with Crippen molar-refractivity contribution in [3.05, 3.63) is 58.9 Å². The first-order valence-electron chi connectivity index (χ1n) is 9.67. The van der Waals surface area contributed by atoms with Crippen molar-refractivity contribution >= 4 is 29.1 Å². The molecule has 6 nitrogen and oxygen atoms in total. The van der Waals surface area contributed by atoms with Gasteiger partial charge in [-0.25, -0.2) is 0 Å². The zero-order valence-corrected chi connectivity index (χ0v) is 16.1. The first-order chi connectivity index (χ1) is 13.6. The molecule has 3 atom stereocenters. The summed E-state index contributed by atoms with van der Waals surface area (Å²) >= 11 is 6.17. The molecule has 4 heterocycles. The quantitative estimate of drug-likeness (QED) is 0.836. The van der Waals surface area contributed by atoms with Crippen molar-refractivity contribution in [3.8, 4) is 0 Å². The molecule has 2 aromatic rings. The fourth-order valence-electron chi connectivity index (χ4n) is 5.22. The molecule has 1 aromatic carbocycles. The number of benzene rings is 1. The average molecular weight is 397 g/mol. The Bertz CT molecular complexity index is 965. The number of nitrogens with zero attached hydrogens (tertiary/aromatic N) is 2. The van der Waals surface area contributed by atoms with Gasteiger partial charge in [-0.3, -0.25) is 19.5 Å². The zero-order valence-electron chi connectivity index (χ0n) is 15.3. The van der Waals surface area contributed by atoms with Crippen molar-refractivity contribution in [2.24, 2.45) is 5.92 Å². The summed E-state index contributed by atoms with van der Waals surface area (Å²) in [5, 5.41) is 6.52. The number of carbonyl (C=O) groups excluding carboxylic acids is 2. The van der Waals surface area contributed by atoms with Gasteiger partial charge in [-0.15, -0.1) is 0 Å². The topological polar surface area (TPSA) is 74.3 Å². The molecule has 7 heteroatoms. The summed E-state index contributed by atoms with van der Waals surface area (Å²) in [7, 11) is 0. The molecule has 2 N–H and O–H groups in total. The van der Waals surface area contributed by atoms with E-state index in [9.17, 15) is 9.59 Å². The number of hydrogen-bond donors (Lipinski definition) is 2. The monoisotopic (exact) mass is 396 g/mol. The first-order valence-corrected chi connectivity index (χ1v) is 10.0. The van der Waals surface area contributed by atoms with E-state index in [1.807, 2.05) is 24.3 Å². The summed E-state index contributed by atoms with van der Waals surface area (Å²) in [5.41, 5.74) is 1.43. The third-order valence-corrected chi connectivity index (χ3v) is 6.70. The number of para-hydroxylation sites is 1. The third-order valence-electron chi connectivity index (χ3n) is 6.36. The number of anilines is 1. The normalized spacial score (nSPS) is 28.2. The van der Waals surface area contributed by atoms with Crippen molar-refractivity contribution in [3.63, 3.8) is 0 Å². The van der Waals surface area contributed by atoms with E-state index < -0.39 is 11.5 Å². The third kappa shape index (κ3) is 2.41. The molecule has 0 bridgehead atoms. The van der Waals surface area contributed by atoms with Crippen LogP contribution < -0.4 is 10.6 Å². The van der Waals surface area contributed by atoms with Gasteiger partial charge in [-0.05, 0) is 44.0 Å². The molecule has 144 valence electrons. The Kier molecular flexibility index (Phi) is 4.14. The van der Waals surface area contributed by atoms with Gasteiger partial charge in [0.2, 0.25) is 11.8 Å². The number of hydrogen-bond acceptors (Lipinski definition) is 4. The molecule has 0 aliphatic carbocycles. The van der Waals surface area contributed by atoms with E-state index in [0.29, 0.717) is 17.1 Å². The van der Waals surface area contributed by atoms with Crippen molar-refractivity contribution in [2.75, 3.05) is 11.9 Å². The highest BCUT2D eigenvalue weighted by atomic mass is 35.5. The highest BCUT2D eigenvalue weighted by Crippen LogP contribution is 2.55. The van der Waals surface area contributed by atoms with Crippen LogP contribution in [0.4, 0.5) is 5.69 Å². The van der Waals surface area contributed by atoms with Gasteiger partial charge in [0.05, 0.1) is 23.2 Å². The number of amides is 2. The Morgan fingerprint density at radius 2 is 2.18 bits per heavy atom. The van der Waals surface area contributed by atoms with E-state index in [1.54, 1.807) is 18.3 Å². The molecule has 0 unspecified atom stereocenters. The highest BCUT2D eigenvalue weighted by molar-refractivity contribution is 6.31. The lowest BCUT2D eigenvalue weighted by atomic mass is 9.78. The lowest BCUT2D eigenvalue weighted by Gasteiger charge is -2.36. The Morgan fingerprint density at radius 1 is 1.32 bits per heavy atom. The molecule has 1 aromatic heterocycles. The number of nitrogens with one attached hydrogen (secondary N) is 2. The van der Waals surface area contributed by atoms with Crippen LogP contribution in [-0.4, -0.2) is 34.3 Å². The van der Waals surface area contributed by atoms with Gasteiger partial charge in [0, 0.05) is 23.5 Å². The van der Waals surface area contributed by atoms with Crippen LogP contribution in [-0.2, 0) is 21.7 Å². The van der Waals surface area contributed by atoms with E-state index in [1.165, 1.54) is 0 Å². The van der Waals surface area contributed by atoms with Gasteiger partial charge < -0.3 is 10.6 Å². The van der Waals surface area contributed by atoms with Crippen LogP contribution in [0.1, 0.15) is 30.5 Å². The van der Waals surface area contributed by atoms with Gasteiger partial charge in [-0.2, -0.15) is 0 Å². The first kappa shape index (κ1) is 17.6. The van der Waals surface area contributed by atoms with E-state index in [0.717, 1.165) is 30.6 Å². The maximum Gasteiger partial charge on any atom is 0.250 e. The minimum Gasteiger partial charge on any atom is -0.350 e. The maximum absolute atomic E-state index is 13.3. The predicted octanol–water partition coefficient (Wildman–Crippen LogP) is 2.68. The van der Waals surface area contributed by atoms with Crippen molar-refractivity contribution in [2.45, 2.75) is 37.4 Å². The molecule has 0 radical (unpaired) electrons. The molecule has 0 saturated carbocycles. The molecule has 1 spiro atoms. The summed E-state index contributed by atoms with van der Waals surface area (Å²) in [6, 6.07) is 11.5. The van der Waals surface area contributed by atoms with Crippen LogP contribution in [0.3, 0.4) is 0 Å². The van der Waals surface area contributed by atoms with Gasteiger partial charge in [0.25, 0.3) is 0 Å². The van der Waals surface area contributed by atoms with Crippen LogP contribution in [0.25, 0.3) is 0 Å². The fourth-order valence-corrected chi connectivity index (χ4v) is 5.41. The Balaban J connectivity index is 1.49. The lowest BCUT2D eigenvalue weighted by molar-refractivity contribution is -0.137. The second-order valence-electron chi connectivity index (χ2n) is 7.69. The summed E-state index contributed by atoms with van der Waals surface area (Å²) in [4.78, 5) is 33.1. The average Bonchev–Trinajstić information content (AvgIpc) is 3.35. The molecule has 2 amide bonds. The van der Waals surface area contributed by atoms with E-state index >= 15 is 0 Å². The van der Waals surface area contributed by atoms with Gasteiger partial charge in [-0.1, -0.05) is 29.8 Å². The van der Waals surface area contributed by atoms with E-state index in [2.05, 4.69) is 20.5 Å². The van der Waals surface area contributed by atoms with Crippen LogP contribution >= 0.6 is 11.6 Å². The SMILES string of the molecule is O=C(NCc1ncccc1Cl)[C@@H]1C[C@H]2CCCN2[C@]12C(=O)Nc1ccccc12. The summed E-state index contributed by atoms with van der Waals surface area (Å²) in [5.74, 6) is -0.652. The van der Waals surface area contributed by atoms with Gasteiger partial charge >= 0.3 is 0 Å². The minimum atomic E-state index is -0.921. The standard InChI is InChI=1S/C21H21ClN4O2/c22-16-7-3-9-23-18(16)12-24-19(27)15-11-13-5-4-10-26(13)21(15)14-6-1-2-8-17(14)25-20(21)28/h1-3,6-9,13,15H,4-5,10-12H2,(H,24,27)(H,25,28)/t13-,15+,21+/m1/s1. The van der Waals surface area contributed by atoms with E-state index in [4.69, 9.17) is 11.6 Å². The van der Waals surface area contributed by atoms with Crippen molar-refractivity contribution in [1.29, 1.82) is 0 Å². The van der Waals surface area contributed by atoms with Crippen LogP contribution in [0.5, 0.6) is 0 Å². The summed E-state index contributed by atoms with van der Waals surface area (Å²) < 4.78 is 0. The summed E-state index contributed by atoms with van der Waals surface area (Å²) in [6.45, 7) is 1.08. The van der Waals surface area contributed by atoms with Crippen molar-refractivity contribution < 1.29 is 9.59 Å². The number of halogens is 1. The zero-order chi connectivity index (χ0) is 19.3. The van der Waals surface area contributed by atoms with E-state index in [-0.39, 0.29) is 24.4 Å². The molecular formula is C21H21ClN4O2. The molecule has 2 saturated heterocycles. The molecule has 3 aliphatic heterocycles. The molecule has 5 rings (SSSR count). The van der Waals surface area contributed by atoms with Gasteiger partial charge in [0.1, 0.15) is 5.54 Å². The smallest absolute Gasteiger partial charge is 0.250 e. The second kappa shape index (κ2) is 6.57. The Hall–Kier alpha value is -2.44. The molecular weight excluding hydrogens is 376 g/mol. The largest absolute Gasteiger partial charge is 0.350 e. The number of rotatable bonds is 3. The number of fused-ring (bicyclic) bond motifs is 4. The Morgan fingerprint density at radius 3 is 3.04 bits per heavy atom. The van der Waals surface area contributed by atoms with Crippen LogP contribution in [0.2, 0.25) is 5.02 Å². The minimum absolute atomic E-state index is 0.0888. The molecule has 28 heavy (non-hydrogen) atoms. The number of aromatic nitrogens is 1. The fraction of sp³-hybridized carbons (Fsp3) is 0.381. The molecule has 3 aliphatic rings. The molecule has 2 fully saturated rings. The number of pyridine rings is 1. The lowest BCUT2D eigenvalue weighted by Crippen LogP contribution is -2.54. The second-order valence-corrected chi connectivity index (χ2v) is 8.10. The van der Waals surface area contributed by atoms with Crippen LogP contribution in [0, 0.1) is 5.92 Å². The van der Waals surface area contributed by atoms with Crippen LogP contribution in [0.15, 0.2) is 42.6 Å².